The zero-order valence-corrected chi connectivity index (χ0v) is 10.4. The van der Waals surface area contributed by atoms with Crippen molar-refractivity contribution in [3.63, 3.8) is 0 Å². The zero-order valence-electron chi connectivity index (χ0n) is 10.4. The van der Waals surface area contributed by atoms with Gasteiger partial charge in [0.25, 0.3) is 5.56 Å². The van der Waals surface area contributed by atoms with Gasteiger partial charge in [-0.05, 0) is 43.7 Å². The molecule has 3 nitrogen and oxygen atoms in total. The van der Waals surface area contributed by atoms with Gasteiger partial charge in [-0.1, -0.05) is 6.92 Å². The van der Waals surface area contributed by atoms with Crippen molar-refractivity contribution < 1.29 is 4.74 Å². The van der Waals surface area contributed by atoms with Gasteiger partial charge in [0, 0.05) is 12.2 Å². The summed E-state index contributed by atoms with van der Waals surface area (Å²) in [7, 11) is 1.56. The van der Waals surface area contributed by atoms with Crippen molar-refractivity contribution in [2.24, 2.45) is 5.92 Å². The molecule has 0 saturated heterocycles. The van der Waals surface area contributed by atoms with Gasteiger partial charge in [-0.15, -0.1) is 0 Å². The standard InChI is InChI=1S/C13H19NO2/c1-8(2)14-7-10(11-5-9(11)3)6-12(16-4)13(14)15/h6-9,11H,5H2,1-4H3/t9-,11?/m1/s1. The number of aromatic nitrogens is 1. The number of pyridine rings is 1. The highest BCUT2D eigenvalue weighted by Crippen LogP contribution is 2.47. The fourth-order valence-corrected chi connectivity index (χ4v) is 2.12. The van der Waals surface area contributed by atoms with E-state index in [-0.39, 0.29) is 11.6 Å². The van der Waals surface area contributed by atoms with E-state index in [1.807, 2.05) is 26.1 Å². The maximum absolute atomic E-state index is 12.0. The highest BCUT2D eigenvalue weighted by atomic mass is 16.5. The summed E-state index contributed by atoms with van der Waals surface area (Å²) < 4.78 is 6.92. The molecule has 0 radical (unpaired) electrons. The molecule has 1 aromatic heterocycles. The molecule has 0 aliphatic heterocycles. The highest BCUT2D eigenvalue weighted by molar-refractivity contribution is 5.31. The van der Waals surface area contributed by atoms with Crippen LogP contribution in [-0.2, 0) is 0 Å². The molecular weight excluding hydrogens is 202 g/mol. The maximum atomic E-state index is 12.0. The summed E-state index contributed by atoms with van der Waals surface area (Å²) in [6.07, 6.45) is 3.21. The van der Waals surface area contributed by atoms with Crippen LogP contribution in [-0.4, -0.2) is 11.7 Å². The Morgan fingerprint density at radius 2 is 2.12 bits per heavy atom. The van der Waals surface area contributed by atoms with E-state index in [1.165, 1.54) is 12.0 Å². The lowest BCUT2D eigenvalue weighted by molar-refractivity contribution is 0.397. The van der Waals surface area contributed by atoms with Crippen LogP contribution in [0.25, 0.3) is 0 Å². The summed E-state index contributed by atoms with van der Waals surface area (Å²) in [6.45, 7) is 6.27. The van der Waals surface area contributed by atoms with Gasteiger partial charge in [0.05, 0.1) is 7.11 Å². The van der Waals surface area contributed by atoms with Gasteiger partial charge in [-0.3, -0.25) is 4.79 Å². The Morgan fingerprint density at radius 1 is 1.50 bits per heavy atom. The summed E-state index contributed by atoms with van der Waals surface area (Å²) >= 11 is 0. The van der Waals surface area contributed by atoms with Crippen LogP contribution in [0.3, 0.4) is 0 Å². The highest BCUT2D eigenvalue weighted by Gasteiger charge is 2.35. The van der Waals surface area contributed by atoms with Crippen molar-refractivity contribution in [3.8, 4) is 5.75 Å². The Hall–Kier alpha value is -1.25. The number of hydrogen-bond donors (Lipinski definition) is 0. The smallest absolute Gasteiger partial charge is 0.293 e. The van der Waals surface area contributed by atoms with E-state index in [0.29, 0.717) is 11.7 Å². The minimum absolute atomic E-state index is 0.0328. The summed E-state index contributed by atoms with van der Waals surface area (Å²) in [4.78, 5) is 12.0. The van der Waals surface area contributed by atoms with Gasteiger partial charge >= 0.3 is 0 Å². The van der Waals surface area contributed by atoms with E-state index in [2.05, 4.69) is 6.92 Å². The Bertz CT molecular complexity index is 448. The first-order valence-electron chi connectivity index (χ1n) is 5.84. The quantitative estimate of drug-likeness (QED) is 0.785. The van der Waals surface area contributed by atoms with E-state index < -0.39 is 0 Å². The average molecular weight is 221 g/mol. The lowest BCUT2D eigenvalue weighted by Gasteiger charge is -2.13. The van der Waals surface area contributed by atoms with Crippen LogP contribution in [0.4, 0.5) is 0 Å². The fourth-order valence-electron chi connectivity index (χ4n) is 2.12. The van der Waals surface area contributed by atoms with E-state index in [1.54, 1.807) is 11.7 Å². The van der Waals surface area contributed by atoms with Gasteiger partial charge in [0.1, 0.15) is 0 Å². The Labute approximate surface area is 96.0 Å². The summed E-state index contributed by atoms with van der Waals surface area (Å²) in [5, 5.41) is 0. The second-order valence-electron chi connectivity index (χ2n) is 4.97. The molecule has 0 bridgehead atoms. The topological polar surface area (TPSA) is 31.2 Å². The number of rotatable bonds is 3. The molecule has 0 amide bonds. The number of methoxy groups -OCH3 is 1. The van der Waals surface area contributed by atoms with E-state index in [0.717, 1.165) is 5.92 Å². The van der Waals surface area contributed by atoms with Crippen molar-refractivity contribution in [1.82, 2.24) is 4.57 Å². The van der Waals surface area contributed by atoms with E-state index in [9.17, 15) is 4.79 Å². The minimum Gasteiger partial charge on any atom is -0.491 e. The molecule has 2 atom stereocenters. The molecule has 0 N–H and O–H groups in total. The second kappa shape index (κ2) is 3.96. The van der Waals surface area contributed by atoms with Crippen molar-refractivity contribution in [3.05, 3.63) is 28.2 Å². The van der Waals surface area contributed by atoms with E-state index in [4.69, 9.17) is 4.74 Å². The van der Waals surface area contributed by atoms with Crippen molar-refractivity contribution in [2.75, 3.05) is 7.11 Å². The molecule has 3 heteroatoms. The van der Waals surface area contributed by atoms with Crippen molar-refractivity contribution in [1.29, 1.82) is 0 Å². The van der Waals surface area contributed by atoms with Crippen LogP contribution in [0.15, 0.2) is 17.1 Å². The SMILES string of the molecule is COc1cc(C2C[C@H]2C)cn(C(C)C)c1=O. The van der Waals surface area contributed by atoms with Crippen LogP contribution >= 0.6 is 0 Å². The average Bonchev–Trinajstić information content (AvgIpc) is 2.95. The summed E-state index contributed by atoms with van der Waals surface area (Å²) in [5.41, 5.74) is 1.20. The van der Waals surface area contributed by atoms with Gasteiger partial charge in [-0.2, -0.15) is 0 Å². The van der Waals surface area contributed by atoms with Crippen molar-refractivity contribution >= 4 is 0 Å². The minimum atomic E-state index is -0.0328. The number of ether oxygens (including phenoxy) is 1. The molecule has 1 aromatic rings. The lowest BCUT2D eigenvalue weighted by atomic mass is 10.1. The molecular formula is C13H19NO2. The molecule has 1 aliphatic carbocycles. The molecule has 16 heavy (non-hydrogen) atoms. The second-order valence-corrected chi connectivity index (χ2v) is 4.97. The molecule has 1 aliphatic rings. The largest absolute Gasteiger partial charge is 0.491 e. The molecule has 1 heterocycles. The lowest BCUT2D eigenvalue weighted by Crippen LogP contribution is -2.23. The Balaban J connectivity index is 2.48. The first-order valence-corrected chi connectivity index (χ1v) is 5.84. The van der Waals surface area contributed by atoms with Gasteiger partial charge in [0.15, 0.2) is 5.75 Å². The molecule has 1 fully saturated rings. The molecule has 2 rings (SSSR count). The molecule has 0 aromatic carbocycles. The van der Waals surface area contributed by atoms with Gasteiger partial charge in [0.2, 0.25) is 0 Å². The van der Waals surface area contributed by atoms with Gasteiger partial charge in [-0.25, -0.2) is 0 Å². The monoisotopic (exact) mass is 221 g/mol. The summed E-state index contributed by atoms with van der Waals surface area (Å²) in [5.74, 6) is 1.81. The Kier molecular flexibility index (Phi) is 2.78. The van der Waals surface area contributed by atoms with Gasteiger partial charge < -0.3 is 9.30 Å². The van der Waals surface area contributed by atoms with Crippen LogP contribution in [0, 0.1) is 5.92 Å². The molecule has 1 unspecified atom stereocenters. The first kappa shape index (κ1) is 11.2. The molecule has 88 valence electrons. The predicted octanol–water partition coefficient (Wildman–Crippen LogP) is 2.56. The molecule has 1 saturated carbocycles. The third-order valence-corrected chi connectivity index (χ3v) is 3.35. The first-order chi connectivity index (χ1) is 7.54. The third-order valence-electron chi connectivity index (χ3n) is 3.35. The third kappa shape index (κ3) is 1.86. The normalized spacial score (nSPS) is 23.6. The number of hydrogen-bond acceptors (Lipinski definition) is 2. The van der Waals surface area contributed by atoms with Crippen LogP contribution < -0.4 is 10.3 Å². The Morgan fingerprint density at radius 3 is 2.56 bits per heavy atom. The zero-order chi connectivity index (χ0) is 11.9. The van der Waals surface area contributed by atoms with Crippen molar-refractivity contribution in [2.45, 2.75) is 39.2 Å². The number of nitrogens with zero attached hydrogens (tertiary/aromatic N) is 1. The van der Waals surface area contributed by atoms with Crippen LogP contribution in [0.2, 0.25) is 0 Å². The predicted molar refractivity (Wildman–Crippen MR) is 64.2 cm³/mol. The summed E-state index contributed by atoms with van der Waals surface area (Å²) in [6, 6.07) is 2.07. The van der Waals surface area contributed by atoms with E-state index >= 15 is 0 Å². The fraction of sp³-hybridized carbons (Fsp3) is 0.615. The maximum Gasteiger partial charge on any atom is 0.293 e. The van der Waals surface area contributed by atoms with Crippen LogP contribution in [0.5, 0.6) is 5.75 Å². The van der Waals surface area contributed by atoms with Crippen LogP contribution in [0.1, 0.15) is 44.7 Å². The molecule has 0 spiro atoms.